The van der Waals surface area contributed by atoms with Crippen molar-refractivity contribution in [2.75, 3.05) is 0 Å². The minimum Gasteiger partial charge on any atom is -0.450 e. The van der Waals surface area contributed by atoms with Gasteiger partial charge in [0.05, 0.1) is 0 Å². The second kappa shape index (κ2) is 4.08. The van der Waals surface area contributed by atoms with Crippen LogP contribution in [0.25, 0.3) is 0 Å². The van der Waals surface area contributed by atoms with E-state index in [9.17, 15) is 8.42 Å². The van der Waals surface area contributed by atoms with Crippen LogP contribution in [0.1, 0.15) is 26.0 Å². The second-order valence-corrected chi connectivity index (χ2v) is 7.28. The van der Waals surface area contributed by atoms with Gasteiger partial charge in [-0.3, -0.25) is 0 Å². The average Bonchev–Trinajstić information content (AvgIpc) is 2.62. The predicted octanol–water partition coefficient (Wildman–Crippen LogP) is 1.61. The van der Waals surface area contributed by atoms with Gasteiger partial charge in [0.1, 0.15) is 17.3 Å². The molecule has 1 fully saturated rings. The lowest BCUT2D eigenvalue weighted by Crippen LogP contribution is -2.28. The molecule has 0 bridgehead atoms. The Hall–Kier alpha value is -0.370. The molecule has 5 nitrogen and oxygen atoms in total. The summed E-state index contributed by atoms with van der Waals surface area (Å²) < 4.78 is 31.9. The minimum absolute atomic E-state index is 0.0170. The lowest BCUT2D eigenvalue weighted by atomic mass is 10.2. The molecule has 0 spiro atoms. The summed E-state index contributed by atoms with van der Waals surface area (Å²) in [4.78, 5) is 0.0317. The molecule has 0 aromatic carbocycles. The highest BCUT2D eigenvalue weighted by atomic mass is 79.9. The maximum atomic E-state index is 12.0. The van der Waals surface area contributed by atoms with Crippen LogP contribution in [0.15, 0.2) is 20.0 Å². The Labute approximate surface area is 108 Å². The van der Waals surface area contributed by atoms with Gasteiger partial charge < -0.3 is 9.52 Å². The van der Waals surface area contributed by atoms with Crippen molar-refractivity contribution < 1.29 is 17.9 Å². The highest BCUT2D eigenvalue weighted by Crippen LogP contribution is 2.45. The Bertz CT molecular complexity index is 535. The van der Waals surface area contributed by atoms with Gasteiger partial charge in [-0.1, -0.05) is 13.8 Å². The monoisotopic (exact) mass is 323 g/mol. The van der Waals surface area contributed by atoms with Crippen LogP contribution in [0, 0.1) is 5.41 Å². The number of rotatable bonds is 4. The normalized spacial score (nSPS) is 22.7. The van der Waals surface area contributed by atoms with E-state index in [1.54, 1.807) is 0 Å². The molecule has 7 heteroatoms. The largest absolute Gasteiger partial charge is 0.450 e. The SMILES string of the molecule is CC1(C)CC1NS(=O)(=O)c1cc(CO)oc1Br. The van der Waals surface area contributed by atoms with Crippen molar-refractivity contribution in [3.05, 3.63) is 16.5 Å². The third-order valence-corrected chi connectivity index (χ3v) is 5.29. The first kappa shape index (κ1) is 13.1. The topological polar surface area (TPSA) is 79.5 Å². The summed E-state index contributed by atoms with van der Waals surface area (Å²) in [6, 6.07) is 1.29. The molecule has 1 saturated carbocycles. The Morgan fingerprint density at radius 2 is 2.24 bits per heavy atom. The zero-order valence-electron chi connectivity index (χ0n) is 9.53. The molecule has 0 aliphatic heterocycles. The van der Waals surface area contributed by atoms with Gasteiger partial charge in [0, 0.05) is 12.1 Å². The third-order valence-electron chi connectivity index (χ3n) is 2.96. The Morgan fingerprint density at radius 3 is 2.65 bits per heavy atom. The summed E-state index contributed by atoms with van der Waals surface area (Å²) in [7, 11) is -3.59. The molecule has 0 saturated heterocycles. The van der Waals surface area contributed by atoms with Crippen molar-refractivity contribution in [2.45, 2.75) is 37.8 Å². The zero-order valence-corrected chi connectivity index (χ0v) is 11.9. The highest BCUT2D eigenvalue weighted by Gasteiger charge is 2.48. The molecule has 2 rings (SSSR count). The fourth-order valence-electron chi connectivity index (χ4n) is 1.58. The van der Waals surface area contributed by atoms with Gasteiger partial charge in [0.25, 0.3) is 0 Å². The maximum absolute atomic E-state index is 12.0. The van der Waals surface area contributed by atoms with Gasteiger partial charge in [-0.15, -0.1) is 0 Å². The van der Waals surface area contributed by atoms with E-state index in [0.29, 0.717) is 0 Å². The quantitative estimate of drug-likeness (QED) is 0.882. The molecule has 2 N–H and O–H groups in total. The first-order valence-corrected chi connectivity index (χ1v) is 7.45. The number of aliphatic hydroxyl groups excluding tert-OH is 1. The van der Waals surface area contributed by atoms with E-state index in [-0.39, 0.29) is 33.4 Å². The summed E-state index contributed by atoms with van der Waals surface area (Å²) in [5.74, 6) is 0.215. The summed E-state index contributed by atoms with van der Waals surface area (Å²) in [6.45, 7) is 3.68. The molecule has 1 aliphatic carbocycles. The van der Waals surface area contributed by atoms with Crippen molar-refractivity contribution in [2.24, 2.45) is 5.41 Å². The summed E-state index contributed by atoms with van der Waals surface area (Å²) in [5, 5.41) is 8.89. The molecule has 1 unspecified atom stereocenters. The minimum atomic E-state index is -3.59. The van der Waals surface area contributed by atoms with E-state index in [1.165, 1.54) is 6.07 Å². The number of furan rings is 1. The van der Waals surface area contributed by atoms with Crippen molar-refractivity contribution in [3.63, 3.8) is 0 Å². The van der Waals surface area contributed by atoms with Crippen LogP contribution in [0.5, 0.6) is 0 Å². The predicted molar refractivity (Wildman–Crippen MR) is 64.8 cm³/mol. The highest BCUT2D eigenvalue weighted by molar-refractivity contribution is 9.10. The number of aliphatic hydroxyl groups is 1. The third kappa shape index (κ3) is 2.57. The summed E-state index contributed by atoms with van der Waals surface area (Å²) in [5.41, 5.74) is 0.0170. The van der Waals surface area contributed by atoms with E-state index in [0.717, 1.165) is 6.42 Å². The van der Waals surface area contributed by atoms with E-state index >= 15 is 0 Å². The summed E-state index contributed by atoms with van der Waals surface area (Å²) in [6.07, 6.45) is 0.828. The Morgan fingerprint density at radius 1 is 1.65 bits per heavy atom. The van der Waals surface area contributed by atoms with Gasteiger partial charge in [-0.2, -0.15) is 0 Å². The lowest BCUT2D eigenvalue weighted by molar-refractivity contribution is 0.245. The van der Waals surface area contributed by atoms with Crippen LogP contribution in [0.3, 0.4) is 0 Å². The van der Waals surface area contributed by atoms with Crippen molar-refractivity contribution in [1.82, 2.24) is 4.72 Å². The smallest absolute Gasteiger partial charge is 0.245 e. The first-order valence-electron chi connectivity index (χ1n) is 5.18. The zero-order chi connectivity index (χ0) is 12.8. The van der Waals surface area contributed by atoms with E-state index < -0.39 is 10.0 Å². The number of sulfonamides is 1. The van der Waals surface area contributed by atoms with Crippen LogP contribution in [0.2, 0.25) is 0 Å². The molecule has 96 valence electrons. The molecule has 1 aliphatic rings. The Kier molecular flexibility index (Phi) is 3.14. The van der Waals surface area contributed by atoms with E-state index in [2.05, 4.69) is 20.7 Å². The van der Waals surface area contributed by atoms with Gasteiger partial charge in [-0.25, -0.2) is 13.1 Å². The fraction of sp³-hybridized carbons (Fsp3) is 0.600. The fourth-order valence-corrected chi connectivity index (χ4v) is 3.98. The maximum Gasteiger partial charge on any atom is 0.245 e. The molecule has 1 atom stereocenters. The molecule has 0 radical (unpaired) electrons. The average molecular weight is 324 g/mol. The molecule has 1 aromatic heterocycles. The van der Waals surface area contributed by atoms with Gasteiger partial charge in [-0.05, 0) is 27.8 Å². The standard InChI is InChI=1S/C10H14BrNO4S/c1-10(2)4-8(10)12-17(14,15)7-3-6(5-13)16-9(7)11/h3,8,12-13H,4-5H2,1-2H3. The molecular weight excluding hydrogens is 310 g/mol. The van der Waals surface area contributed by atoms with Crippen LogP contribution in [-0.2, 0) is 16.6 Å². The Balaban J connectivity index is 2.23. The molecule has 17 heavy (non-hydrogen) atoms. The molecule has 1 aromatic rings. The number of halogens is 1. The first-order chi connectivity index (χ1) is 7.76. The van der Waals surface area contributed by atoms with Crippen molar-refractivity contribution in [1.29, 1.82) is 0 Å². The van der Waals surface area contributed by atoms with Gasteiger partial charge in [0.15, 0.2) is 4.67 Å². The second-order valence-electron chi connectivity index (χ2n) is 4.88. The van der Waals surface area contributed by atoms with Gasteiger partial charge >= 0.3 is 0 Å². The molecule has 0 amide bonds. The van der Waals surface area contributed by atoms with Crippen LogP contribution in [0.4, 0.5) is 0 Å². The van der Waals surface area contributed by atoms with Crippen LogP contribution < -0.4 is 4.72 Å². The summed E-state index contributed by atoms with van der Waals surface area (Å²) >= 11 is 3.04. The van der Waals surface area contributed by atoms with Gasteiger partial charge in [0.2, 0.25) is 10.0 Å². The van der Waals surface area contributed by atoms with Crippen LogP contribution >= 0.6 is 15.9 Å². The number of hydrogen-bond donors (Lipinski definition) is 2. The lowest BCUT2D eigenvalue weighted by Gasteiger charge is -2.06. The number of nitrogens with one attached hydrogen (secondary N) is 1. The number of hydrogen-bond acceptors (Lipinski definition) is 4. The molecule has 1 heterocycles. The van der Waals surface area contributed by atoms with Crippen LogP contribution in [-0.4, -0.2) is 19.6 Å². The van der Waals surface area contributed by atoms with Crippen molar-refractivity contribution in [3.8, 4) is 0 Å². The molecular formula is C10H14BrNO4S. The van der Waals surface area contributed by atoms with E-state index in [4.69, 9.17) is 9.52 Å². The van der Waals surface area contributed by atoms with Crippen molar-refractivity contribution >= 4 is 26.0 Å². The van der Waals surface area contributed by atoms with E-state index in [1.807, 2.05) is 13.8 Å².